The second kappa shape index (κ2) is 4.45. The van der Waals surface area contributed by atoms with Gasteiger partial charge >= 0.3 is 0 Å². The van der Waals surface area contributed by atoms with Gasteiger partial charge in [0.05, 0.1) is 5.69 Å². The molecule has 2 heterocycles. The van der Waals surface area contributed by atoms with Crippen molar-refractivity contribution in [2.24, 2.45) is 5.73 Å². The first-order valence-electron chi connectivity index (χ1n) is 6.43. The predicted octanol–water partition coefficient (Wildman–Crippen LogP) is 2.24. The van der Waals surface area contributed by atoms with E-state index in [1.54, 1.807) is 0 Å². The molecule has 3 rings (SSSR count). The summed E-state index contributed by atoms with van der Waals surface area (Å²) in [4.78, 5) is 4.64. The van der Waals surface area contributed by atoms with Gasteiger partial charge in [-0.05, 0) is 25.0 Å². The molecule has 0 bridgehead atoms. The van der Waals surface area contributed by atoms with Crippen molar-refractivity contribution in [3.05, 3.63) is 29.7 Å². The average molecular weight is 230 g/mol. The Labute approximate surface area is 101 Å². The lowest BCUT2D eigenvalue weighted by molar-refractivity contribution is 0.428. The van der Waals surface area contributed by atoms with Crippen molar-refractivity contribution in [1.82, 2.24) is 14.6 Å². The normalized spacial score (nSPS) is 17.7. The number of hydrogen-bond donors (Lipinski definition) is 1. The lowest BCUT2D eigenvalue weighted by Crippen LogP contribution is -2.08. The van der Waals surface area contributed by atoms with Gasteiger partial charge in [0.2, 0.25) is 0 Å². The number of pyridine rings is 1. The van der Waals surface area contributed by atoms with Crippen LogP contribution in [0.4, 0.5) is 0 Å². The Balaban J connectivity index is 2.00. The molecule has 2 aromatic rings. The second-order valence-corrected chi connectivity index (χ2v) is 4.80. The lowest BCUT2D eigenvalue weighted by Gasteiger charge is -2.17. The Morgan fingerprint density at radius 2 is 2.06 bits per heavy atom. The van der Waals surface area contributed by atoms with Crippen molar-refractivity contribution < 1.29 is 0 Å². The van der Waals surface area contributed by atoms with Gasteiger partial charge < -0.3 is 5.73 Å². The monoisotopic (exact) mass is 230 g/mol. The third-order valence-corrected chi connectivity index (χ3v) is 3.63. The first-order valence-corrected chi connectivity index (χ1v) is 6.43. The van der Waals surface area contributed by atoms with Crippen LogP contribution in [-0.4, -0.2) is 14.6 Å². The average Bonchev–Trinajstić information content (AvgIpc) is 2.83. The Morgan fingerprint density at radius 3 is 2.82 bits per heavy atom. The van der Waals surface area contributed by atoms with Crippen LogP contribution in [-0.2, 0) is 6.54 Å². The molecule has 0 unspecified atom stereocenters. The van der Waals surface area contributed by atoms with E-state index in [4.69, 9.17) is 5.73 Å². The summed E-state index contributed by atoms with van der Waals surface area (Å²) < 4.78 is 1.89. The van der Waals surface area contributed by atoms with Crippen molar-refractivity contribution in [1.29, 1.82) is 0 Å². The van der Waals surface area contributed by atoms with Crippen LogP contribution >= 0.6 is 0 Å². The van der Waals surface area contributed by atoms with E-state index in [1.165, 1.54) is 32.1 Å². The van der Waals surface area contributed by atoms with Crippen LogP contribution in [0.2, 0.25) is 0 Å². The van der Waals surface area contributed by atoms with Crippen LogP contribution in [0.5, 0.6) is 0 Å². The zero-order chi connectivity index (χ0) is 11.7. The van der Waals surface area contributed by atoms with E-state index in [9.17, 15) is 0 Å². The van der Waals surface area contributed by atoms with Crippen molar-refractivity contribution >= 4 is 5.65 Å². The Bertz CT molecular complexity index is 511. The summed E-state index contributed by atoms with van der Waals surface area (Å²) in [5.41, 5.74) is 7.66. The highest BCUT2D eigenvalue weighted by molar-refractivity contribution is 5.39. The van der Waals surface area contributed by atoms with Crippen LogP contribution in [0.25, 0.3) is 5.65 Å². The van der Waals surface area contributed by atoms with Crippen LogP contribution in [0.3, 0.4) is 0 Å². The maximum absolute atomic E-state index is 5.72. The molecule has 0 aliphatic heterocycles. The first kappa shape index (κ1) is 10.7. The van der Waals surface area contributed by atoms with Gasteiger partial charge in [0, 0.05) is 12.5 Å². The Kier molecular flexibility index (Phi) is 2.81. The van der Waals surface area contributed by atoms with Gasteiger partial charge in [-0.3, -0.25) is 0 Å². The van der Waals surface area contributed by atoms with Gasteiger partial charge in [-0.1, -0.05) is 25.3 Å². The fraction of sp³-hybridized carbons (Fsp3) is 0.538. The molecular formula is C13H18N4. The third kappa shape index (κ3) is 1.93. The van der Waals surface area contributed by atoms with Crippen LogP contribution in [0.1, 0.15) is 49.5 Å². The summed E-state index contributed by atoms with van der Waals surface area (Å²) in [5, 5.41) is 4.63. The number of aromatic nitrogens is 3. The fourth-order valence-corrected chi connectivity index (χ4v) is 2.66. The highest BCUT2D eigenvalue weighted by atomic mass is 15.3. The molecule has 0 radical (unpaired) electrons. The molecule has 0 aromatic carbocycles. The number of nitrogens with two attached hydrogens (primary N) is 1. The molecule has 90 valence electrons. The second-order valence-electron chi connectivity index (χ2n) is 4.80. The minimum Gasteiger partial charge on any atom is -0.325 e. The van der Waals surface area contributed by atoms with E-state index in [0.717, 1.165) is 17.2 Å². The minimum absolute atomic E-state index is 0.505. The highest BCUT2D eigenvalue weighted by Gasteiger charge is 2.20. The Hall–Kier alpha value is -1.42. The number of hydrogen-bond acceptors (Lipinski definition) is 3. The van der Waals surface area contributed by atoms with E-state index >= 15 is 0 Å². The molecule has 4 heteroatoms. The molecule has 1 aliphatic rings. The molecule has 2 N–H and O–H groups in total. The maximum Gasteiger partial charge on any atom is 0.155 e. The smallest absolute Gasteiger partial charge is 0.155 e. The third-order valence-electron chi connectivity index (χ3n) is 3.63. The quantitative estimate of drug-likeness (QED) is 0.860. The summed E-state index contributed by atoms with van der Waals surface area (Å²) in [6, 6.07) is 6.00. The largest absolute Gasteiger partial charge is 0.325 e. The van der Waals surface area contributed by atoms with E-state index in [0.29, 0.717) is 12.5 Å². The molecule has 0 spiro atoms. The molecule has 1 saturated carbocycles. The Morgan fingerprint density at radius 1 is 1.24 bits per heavy atom. The van der Waals surface area contributed by atoms with Crippen LogP contribution in [0.15, 0.2) is 18.2 Å². The molecule has 0 atom stereocenters. The van der Waals surface area contributed by atoms with E-state index in [-0.39, 0.29) is 0 Å². The van der Waals surface area contributed by atoms with Crippen LogP contribution in [0, 0.1) is 0 Å². The zero-order valence-electron chi connectivity index (χ0n) is 9.97. The summed E-state index contributed by atoms with van der Waals surface area (Å²) in [6.07, 6.45) is 6.44. The molecule has 1 aliphatic carbocycles. The van der Waals surface area contributed by atoms with Gasteiger partial charge in [-0.25, -0.2) is 9.50 Å². The molecular weight excluding hydrogens is 212 g/mol. The highest BCUT2D eigenvalue weighted by Crippen LogP contribution is 2.30. The summed E-state index contributed by atoms with van der Waals surface area (Å²) in [5.74, 6) is 1.56. The molecule has 0 saturated heterocycles. The van der Waals surface area contributed by atoms with E-state index in [1.807, 2.05) is 22.7 Å². The topological polar surface area (TPSA) is 56.2 Å². The van der Waals surface area contributed by atoms with E-state index < -0.39 is 0 Å². The van der Waals surface area contributed by atoms with E-state index in [2.05, 4.69) is 10.1 Å². The number of rotatable bonds is 2. The van der Waals surface area contributed by atoms with Gasteiger partial charge in [0.15, 0.2) is 11.5 Å². The number of fused-ring (bicyclic) bond motifs is 1. The van der Waals surface area contributed by atoms with Gasteiger partial charge in [0.1, 0.15) is 0 Å². The molecule has 17 heavy (non-hydrogen) atoms. The van der Waals surface area contributed by atoms with Crippen molar-refractivity contribution in [3.63, 3.8) is 0 Å². The summed E-state index contributed by atoms with van der Waals surface area (Å²) >= 11 is 0. The molecule has 4 nitrogen and oxygen atoms in total. The van der Waals surface area contributed by atoms with Crippen LogP contribution < -0.4 is 5.73 Å². The first-order chi connectivity index (χ1) is 8.38. The lowest BCUT2D eigenvalue weighted by atomic mass is 9.89. The summed E-state index contributed by atoms with van der Waals surface area (Å²) in [7, 11) is 0. The van der Waals surface area contributed by atoms with Crippen molar-refractivity contribution in [2.75, 3.05) is 0 Å². The molecule has 1 fully saturated rings. The zero-order valence-corrected chi connectivity index (χ0v) is 9.97. The predicted molar refractivity (Wildman–Crippen MR) is 66.7 cm³/mol. The van der Waals surface area contributed by atoms with Gasteiger partial charge in [-0.2, -0.15) is 5.10 Å². The standard InChI is InChI=1S/C13H18N4/c14-9-11-7-4-8-12-15-13(16-17(11)12)10-5-2-1-3-6-10/h4,7-8,10H,1-3,5-6,9,14H2. The SMILES string of the molecule is NCc1cccc2nc(C3CCCCC3)nn12. The fourth-order valence-electron chi connectivity index (χ4n) is 2.66. The molecule has 2 aromatic heterocycles. The maximum atomic E-state index is 5.72. The molecule has 0 amide bonds. The van der Waals surface area contributed by atoms with Gasteiger partial charge in [0.25, 0.3) is 0 Å². The minimum atomic E-state index is 0.505. The van der Waals surface area contributed by atoms with Crippen molar-refractivity contribution in [2.45, 2.75) is 44.6 Å². The van der Waals surface area contributed by atoms with Gasteiger partial charge in [-0.15, -0.1) is 0 Å². The van der Waals surface area contributed by atoms with Crippen molar-refractivity contribution in [3.8, 4) is 0 Å². The summed E-state index contributed by atoms with van der Waals surface area (Å²) in [6.45, 7) is 0.505. The number of nitrogens with zero attached hydrogens (tertiary/aromatic N) is 3.